The fourth-order valence-electron chi connectivity index (χ4n) is 9.25. The molecular weight excluding hydrogens is 875 g/mol. The average Bonchev–Trinajstić information content (AvgIpc) is 3.81. The molecule has 0 unspecified atom stereocenters. The molecule has 69 heavy (non-hydrogen) atoms. The van der Waals surface area contributed by atoms with Gasteiger partial charge in [-0.15, -0.1) is 0 Å². The van der Waals surface area contributed by atoms with Gasteiger partial charge in [-0.1, -0.05) is 101 Å². The van der Waals surface area contributed by atoms with E-state index in [-0.39, 0.29) is 60.8 Å². The van der Waals surface area contributed by atoms with E-state index in [1.165, 1.54) is 0 Å². The summed E-state index contributed by atoms with van der Waals surface area (Å²) in [6, 6.07) is 22.5. The molecule has 15 nitrogen and oxygen atoms in total. The number of aryl methyl sites for hydroxylation is 1. The number of carbonyl (C=O) groups is 5. The molecule has 3 aromatic carbocycles. The van der Waals surface area contributed by atoms with Crippen LogP contribution in [0.4, 0.5) is 10.5 Å². The molecule has 15 heteroatoms. The number of methoxy groups -OCH3 is 2. The smallest absolute Gasteiger partial charge is 0.410 e. The van der Waals surface area contributed by atoms with Crippen LogP contribution in [-0.2, 0) is 41.6 Å². The molecule has 3 aromatic rings. The van der Waals surface area contributed by atoms with Crippen molar-refractivity contribution in [2.75, 3.05) is 61.3 Å². The monoisotopic (exact) mass is 954 g/mol. The second kappa shape index (κ2) is 26.8. The van der Waals surface area contributed by atoms with Gasteiger partial charge in [-0.3, -0.25) is 19.2 Å². The standard InChI is InChI=1S/C54H79N7O8/c1-14-37(5)49(60(11)52(65)48(35(2)3)57-53(58(7)8)59(9)10)46(67-12)33-47(63)61-30-18-21-44(61)50(68-13)38(6)45(62)32-41(31-39-19-16-15-17-20-39)51(64)56-42-26-24-40(25-27-42)34-55-54(66)69-43-28-22-36(4)23-29-43/h15-17,19-20,22-29,35,37-38,41,44,46,48-50H,14,18,21,30-34H2,1-13H3,(H,55,66)(H,56,64)/t37-,38-,41+,44-,46+,48-,49-,50+/m0/s1. The van der Waals surface area contributed by atoms with Crippen LogP contribution >= 0.6 is 0 Å². The fourth-order valence-corrected chi connectivity index (χ4v) is 9.25. The third kappa shape index (κ3) is 15.9. The molecule has 4 rings (SSSR count). The van der Waals surface area contributed by atoms with Crippen molar-refractivity contribution in [1.29, 1.82) is 0 Å². The second-order valence-corrected chi connectivity index (χ2v) is 19.3. The SMILES string of the molecule is CC[C@H](C)[C@@H]([C@@H](CC(=O)N1CCC[C@H]1[C@H](OC)[C@@H](C)C(=O)C[C@@H](Cc1ccccc1)C(=O)Nc1ccc(CNC(=O)Oc2ccc(C)cc2)cc1)OC)N(C)C(=O)[C@@H](N=C(N(C)C)N(C)C)C(C)C. The third-order valence-corrected chi connectivity index (χ3v) is 13.3. The maximum absolute atomic E-state index is 14.5. The number of rotatable bonds is 23. The van der Waals surface area contributed by atoms with Gasteiger partial charge in [0.1, 0.15) is 17.6 Å². The zero-order chi connectivity index (χ0) is 50.9. The maximum atomic E-state index is 14.5. The third-order valence-electron chi connectivity index (χ3n) is 13.3. The Kier molecular flexibility index (Phi) is 21.7. The predicted octanol–water partition coefficient (Wildman–Crippen LogP) is 7.46. The van der Waals surface area contributed by atoms with Gasteiger partial charge in [0.25, 0.3) is 0 Å². The molecule has 4 amide bonds. The predicted molar refractivity (Wildman–Crippen MR) is 272 cm³/mol. The van der Waals surface area contributed by atoms with Crippen LogP contribution in [0.2, 0.25) is 0 Å². The number of nitrogens with one attached hydrogen (secondary N) is 2. The summed E-state index contributed by atoms with van der Waals surface area (Å²) in [5.74, 6) is -1.01. The lowest BCUT2D eigenvalue weighted by atomic mass is 9.85. The van der Waals surface area contributed by atoms with Crippen molar-refractivity contribution in [3.8, 4) is 5.75 Å². The van der Waals surface area contributed by atoms with Gasteiger partial charge in [0.15, 0.2) is 5.96 Å². The summed E-state index contributed by atoms with van der Waals surface area (Å²) in [4.78, 5) is 81.9. The zero-order valence-corrected chi connectivity index (χ0v) is 43.4. The fraction of sp³-hybridized carbons (Fsp3) is 0.556. The highest BCUT2D eigenvalue weighted by molar-refractivity contribution is 5.96. The summed E-state index contributed by atoms with van der Waals surface area (Å²) in [5.41, 5.74) is 3.34. The Morgan fingerprint density at radius 1 is 0.812 bits per heavy atom. The van der Waals surface area contributed by atoms with Crippen molar-refractivity contribution in [3.63, 3.8) is 0 Å². The molecular formula is C54H79N7O8. The lowest BCUT2D eigenvalue weighted by Gasteiger charge is -2.40. The van der Waals surface area contributed by atoms with Crippen LogP contribution in [0.3, 0.4) is 0 Å². The van der Waals surface area contributed by atoms with Crippen LogP contribution in [0.5, 0.6) is 5.75 Å². The van der Waals surface area contributed by atoms with Gasteiger partial charge in [0, 0.05) is 86.5 Å². The number of hydrogen-bond donors (Lipinski definition) is 2. The maximum Gasteiger partial charge on any atom is 0.412 e. The lowest BCUT2D eigenvalue weighted by Crippen LogP contribution is -2.55. The number of benzene rings is 3. The number of aliphatic imine (C=N–C) groups is 1. The Bertz CT molecular complexity index is 2140. The Hall–Kier alpha value is -5.80. The summed E-state index contributed by atoms with van der Waals surface area (Å²) in [6.45, 7) is 12.6. The number of hydrogen-bond acceptors (Lipinski definition) is 9. The first-order valence-corrected chi connectivity index (χ1v) is 24.3. The van der Waals surface area contributed by atoms with Crippen molar-refractivity contribution < 1.29 is 38.2 Å². The number of likely N-dealkylation sites (tertiary alicyclic amines) is 1. The quantitative estimate of drug-likeness (QED) is 0.0721. The van der Waals surface area contributed by atoms with Crippen molar-refractivity contribution in [2.45, 2.75) is 117 Å². The van der Waals surface area contributed by atoms with Gasteiger partial charge < -0.3 is 44.4 Å². The highest BCUT2D eigenvalue weighted by Crippen LogP contribution is 2.31. The Morgan fingerprint density at radius 2 is 1.45 bits per heavy atom. The van der Waals surface area contributed by atoms with E-state index in [4.69, 9.17) is 19.2 Å². The van der Waals surface area contributed by atoms with Gasteiger partial charge in [-0.05, 0) is 73.4 Å². The topological polar surface area (TPSA) is 162 Å². The summed E-state index contributed by atoms with van der Waals surface area (Å²) >= 11 is 0. The number of amides is 4. The van der Waals surface area contributed by atoms with Crippen molar-refractivity contribution >= 4 is 41.2 Å². The number of likely N-dealkylation sites (N-methyl/N-ethyl adjacent to an activating group) is 1. The number of ether oxygens (including phenoxy) is 3. The summed E-state index contributed by atoms with van der Waals surface area (Å²) in [6.07, 6.45) is 0.663. The molecule has 0 radical (unpaired) electrons. The minimum atomic E-state index is -0.697. The van der Waals surface area contributed by atoms with Crippen LogP contribution in [0.15, 0.2) is 83.9 Å². The van der Waals surface area contributed by atoms with E-state index in [9.17, 15) is 24.0 Å². The summed E-state index contributed by atoms with van der Waals surface area (Å²) < 4.78 is 17.6. The molecule has 0 spiro atoms. The van der Waals surface area contributed by atoms with E-state index in [2.05, 4.69) is 24.5 Å². The van der Waals surface area contributed by atoms with E-state index in [1.54, 1.807) is 50.4 Å². The molecule has 1 heterocycles. The molecule has 2 N–H and O–H groups in total. The van der Waals surface area contributed by atoms with E-state index < -0.39 is 42.2 Å². The van der Waals surface area contributed by atoms with E-state index in [0.29, 0.717) is 36.8 Å². The number of ketones is 1. The lowest BCUT2D eigenvalue weighted by molar-refractivity contribution is -0.146. The minimum absolute atomic E-state index is 0.000475. The normalized spacial score (nSPS) is 16.6. The minimum Gasteiger partial charge on any atom is -0.410 e. The van der Waals surface area contributed by atoms with Crippen molar-refractivity contribution in [3.05, 3.63) is 95.6 Å². The number of anilines is 1. The van der Waals surface area contributed by atoms with Gasteiger partial charge in [-0.25, -0.2) is 9.79 Å². The first kappa shape index (κ1) is 55.8. The number of guanidine groups is 1. The summed E-state index contributed by atoms with van der Waals surface area (Å²) in [5, 5.41) is 5.76. The van der Waals surface area contributed by atoms with E-state index >= 15 is 0 Å². The molecule has 0 bridgehead atoms. The molecule has 8 atom stereocenters. The molecule has 0 aliphatic carbocycles. The van der Waals surface area contributed by atoms with Crippen molar-refractivity contribution in [2.24, 2.45) is 28.7 Å². The molecule has 1 aliphatic heterocycles. The first-order chi connectivity index (χ1) is 32.8. The average molecular weight is 954 g/mol. The van der Waals surface area contributed by atoms with E-state index in [1.807, 2.05) is 125 Å². The first-order valence-electron chi connectivity index (χ1n) is 24.3. The van der Waals surface area contributed by atoms with Crippen LogP contribution in [0.25, 0.3) is 0 Å². The Morgan fingerprint density at radius 3 is 2.01 bits per heavy atom. The van der Waals surface area contributed by atoms with E-state index in [0.717, 1.165) is 29.5 Å². The molecule has 1 saturated heterocycles. The van der Waals surface area contributed by atoms with Gasteiger partial charge in [-0.2, -0.15) is 0 Å². The highest BCUT2D eigenvalue weighted by atomic mass is 16.6. The zero-order valence-electron chi connectivity index (χ0n) is 43.4. The summed E-state index contributed by atoms with van der Waals surface area (Å²) in [7, 11) is 12.5. The number of carbonyl (C=O) groups excluding carboxylic acids is 5. The molecule has 0 saturated carbocycles. The molecule has 1 fully saturated rings. The Labute approximate surface area is 411 Å². The Balaban J connectivity index is 1.46. The van der Waals surface area contributed by atoms with Gasteiger partial charge in [0.2, 0.25) is 17.7 Å². The van der Waals surface area contributed by atoms with Crippen molar-refractivity contribution in [1.82, 2.24) is 24.9 Å². The number of nitrogens with zero attached hydrogens (tertiary/aromatic N) is 5. The van der Waals surface area contributed by atoms with Gasteiger partial charge >= 0.3 is 6.09 Å². The molecule has 0 aromatic heterocycles. The molecule has 1 aliphatic rings. The van der Waals surface area contributed by atoms with Crippen LogP contribution in [-0.4, -0.2) is 141 Å². The highest BCUT2D eigenvalue weighted by Gasteiger charge is 2.43. The van der Waals surface area contributed by atoms with Crippen LogP contribution < -0.4 is 15.4 Å². The molecule has 378 valence electrons. The number of Topliss-reactive ketones (excluding diaryl/α,β-unsaturated/α-hetero) is 1. The van der Waals surface area contributed by atoms with Crippen LogP contribution in [0.1, 0.15) is 83.4 Å². The largest absolute Gasteiger partial charge is 0.412 e. The van der Waals surface area contributed by atoms with Gasteiger partial charge in [0.05, 0.1) is 30.7 Å². The second-order valence-electron chi connectivity index (χ2n) is 19.3. The van der Waals surface area contributed by atoms with Crippen LogP contribution in [0, 0.1) is 30.6 Å².